The lowest BCUT2D eigenvalue weighted by Gasteiger charge is -2.18. The number of carbonyl (C=O) groups excluding carboxylic acids is 2. The molecule has 0 radical (unpaired) electrons. The number of methoxy groups -OCH3 is 1. The van der Waals surface area contributed by atoms with E-state index in [4.69, 9.17) is 0 Å². The largest absolute Gasteiger partial charge is 0.465 e. The molecule has 5 heteroatoms. The fourth-order valence-electron chi connectivity index (χ4n) is 2.11. The lowest BCUT2D eigenvalue weighted by Crippen LogP contribution is -2.25. The van der Waals surface area contributed by atoms with Crippen LogP contribution in [0, 0.1) is 5.82 Å². The fourth-order valence-corrected chi connectivity index (χ4v) is 2.11. The number of esters is 1. The summed E-state index contributed by atoms with van der Waals surface area (Å²) in [5.41, 5.74) is 1.19. The molecule has 0 fully saturated rings. The molecule has 0 bridgehead atoms. The van der Waals surface area contributed by atoms with Crippen molar-refractivity contribution in [2.45, 2.75) is 19.3 Å². The molecular formula is C13H14FNO3. The van der Waals surface area contributed by atoms with Crippen LogP contribution >= 0.6 is 0 Å². The molecule has 1 aliphatic heterocycles. The maximum atomic E-state index is 13.8. The van der Waals surface area contributed by atoms with Gasteiger partial charge in [-0.2, -0.15) is 0 Å². The van der Waals surface area contributed by atoms with Gasteiger partial charge in [-0.05, 0) is 30.5 Å². The molecule has 2 rings (SSSR count). The third-order valence-corrected chi connectivity index (χ3v) is 3.15. The predicted molar refractivity (Wildman–Crippen MR) is 64.1 cm³/mol. The number of ether oxygens (including phenoxy) is 1. The van der Waals surface area contributed by atoms with Crippen molar-refractivity contribution in [1.29, 1.82) is 0 Å². The van der Waals surface area contributed by atoms with Gasteiger partial charge in [-0.15, -0.1) is 0 Å². The summed E-state index contributed by atoms with van der Waals surface area (Å²) in [5.74, 6) is -1.38. The third kappa shape index (κ3) is 2.08. The zero-order valence-corrected chi connectivity index (χ0v) is 10.3. The van der Waals surface area contributed by atoms with Gasteiger partial charge in [-0.1, -0.05) is 0 Å². The highest BCUT2D eigenvalue weighted by molar-refractivity contribution is 5.97. The van der Waals surface area contributed by atoms with E-state index in [1.807, 2.05) is 0 Å². The maximum absolute atomic E-state index is 13.8. The molecule has 1 heterocycles. The van der Waals surface area contributed by atoms with E-state index >= 15 is 0 Å². The van der Waals surface area contributed by atoms with Gasteiger partial charge < -0.3 is 9.64 Å². The molecular weight excluding hydrogens is 237 g/mol. The highest BCUT2D eigenvalue weighted by Gasteiger charge is 2.23. The molecule has 1 aromatic carbocycles. The van der Waals surface area contributed by atoms with Crippen molar-refractivity contribution >= 4 is 17.6 Å². The highest BCUT2D eigenvalue weighted by atomic mass is 19.1. The Morgan fingerprint density at radius 1 is 1.39 bits per heavy atom. The van der Waals surface area contributed by atoms with E-state index in [-0.39, 0.29) is 11.5 Å². The molecule has 18 heavy (non-hydrogen) atoms. The van der Waals surface area contributed by atoms with Gasteiger partial charge in [-0.3, -0.25) is 4.79 Å². The minimum atomic E-state index is -0.736. The summed E-state index contributed by atoms with van der Waals surface area (Å²) in [6, 6.07) is 2.70. The van der Waals surface area contributed by atoms with Gasteiger partial charge in [0, 0.05) is 19.2 Å². The number of nitrogens with zero attached hydrogens (tertiary/aromatic N) is 1. The van der Waals surface area contributed by atoms with Crippen LogP contribution in [0.3, 0.4) is 0 Å². The summed E-state index contributed by atoms with van der Waals surface area (Å²) >= 11 is 0. The lowest BCUT2D eigenvalue weighted by molar-refractivity contribution is -0.118. The van der Waals surface area contributed by atoms with Crippen molar-refractivity contribution in [1.82, 2.24) is 0 Å². The molecule has 0 N–H and O–H groups in total. The second-order valence-electron chi connectivity index (χ2n) is 4.26. The van der Waals surface area contributed by atoms with E-state index < -0.39 is 11.8 Å². The standard InChI is InChI=1S/C13H14FNO3/c1-15-11-7-9(13(17)18-2)10(14)6-8(11)4-3-5-12(15)16/h6-7H,3-5H2,1-2H3. The van der Waals surface area contributed by atoms with Crippen molar-refractivity contribution < 1.29 is 18.7 Å². The summed E-state index contributed by atoms with van der Waals surface area (Å²) in [5, 5.41) is 0. The average molecular weight is 251 g/mol. The van der Waals surface area contributed by atoms with Crippen molar-refractivity contribution in [3.05, 3.63) is 29.1 Å². The number of benzene rings is 1. The van der Waals surface area contributed by atoms with Gasteiger partial charge in [-0.25, -0.2) is 9.18 Å². The van der Waals surface area contributed by atoms with E-state index in [2.05, 4.69) is 4.74 Å². The number of amides is 1. The third-order valence-electron chi connectivity index (χ3n) is 3.15. The van der Waals surface area contributed by atoms with Crippen LogP contribution in [0.4, 0.5) is 10.1 Å². The van der Waals surface area contributed by atoms with Crippen LogP contribution in [0.15, 0.2) is 12.1 Å². The highest BCUT2D eigenvalue weighted by Crippen LogP contribution is 2.29. The minimum absolute atomic E-state index is 0.0313. The van der Waals surface area contributed by atoms with Gasteiger partial charge >= 0.3 is 5.97 Å². The molecule has 0 aliphatic carbocycles. The average Bonchev–Trinajstić information content (AvgIpc) is 2.49. The Balaban J connectivity index is 2.54. The molecule has 0 saturated heterocycles. The number of hydrogen-bond acceptors (Lipinski definition) is 3. The number of halogens is 1. The molecule has 96 valence electrons. The zero-order valence-electron chi connectivity index (χ0n) is 10.3. The van der Waals surface area contributed by atoms with Crippen LogP contribution in [-0.4, -0.2) is 26.0 Å². The first-order valence-corrected chi connectivity index (χ1v) is 5.72. The van der Waals surface area contributed by atoms with Gasteiger partial charge in [0.1, 0.15) is 5.82 Å². The predicted octanol–water partition coefficient (Wildman–Crippen LogP) is 1.91. The summed E-state index contributed by atoms with van der Waals surface area (Å²) < 4.78 is 18.3. The molecule has 4 nitrogen and oxygen atoms in total. The quantitative estimate of drug-likeness (QED) is 0.716. The number of carbonyl (C=O) groups is 2. The van der Waals surface area contributed by atoms with E-state index in [1.165, 1.54) is 24.1 Å². The van der Waals surface area contributed by atoms with Crippen molar-refractivity contribution in [3.63, 3.8) is 0 Å². The first-order chi connectivity index (χ1) is 8.54. The smallest absolute Gasteiger partial charge is 0.340 e. The van der Waals surface area contributed by atoms with E-state index in [0.29, 0.717) is 24.9 Å². The normalized spacial score (nSPS) is 15.1. The van der Waals surface area contributed by atoms with Gasteiger partial charge in [0.2, 0.25) is 5.91 Å². The lowest BCUT2D eigenvalue weighted by atomic mass is 10.0. The monoisotopic (exact) mass is 251 g/mol. The van der Waals surface area contributed by atoms with Gasteiger partial charge in [0.05, 0.1) is 12.7 Å². The molecule has 0 unspecified atom stereocenters. The van der Waals surface area contributed by atoms with Crippen LogP contribution in [0.25, 0.3) is 0 Å². The first-order valence-electron chi connectivity index (χ1n) is 5.72. The Hall–Kier alpha value is -1.91. The second-order valence-corrected chi connectivity index (χ2v) is 4.26. The van der Waals surface area contributed by atoms with Gasteiger partial charge in [0.25, 0.3) is 0 Å². The Labute approximate surface area is 104 Å². The topological polar surface area (TPSA) is 46.6 Å². The fraction of sp³-hybridized carbons (Fsp3) is 0.385. The Kier molecular flexibility index (Phi) is 3.32. The molecule has 0 spiro atoms. The molecule has 0 aromatic heterocycles. The summed E-state index contributed by atoms with van der Waals surface area (Å²) in [6.45, 7) is 0. The Morgan fingerprint density at radius 3 is 2.78 bits per heavy atom. The maximum Gasteiger partial charge on any atom is 0.340 e. The number of rotatable bonds is 1. The van der Waals surface area contributed by atoms with E-state index in [1.54, 1.807) is 7.05 Å². The molecule has 1 aliphatic rings. The van der Waals surface area contributed by atoms with E-state index in [9.17, 15) is 14.0 Å². The molecule has 0 saturated carbocycles. The zero-order chi connectivity index (χ0) is 13.3. The van der Waals surface area contributed by atoms with Crippen LogP contribution < -0.4 is 4.90 Å². The van der Waals surface area contributed by atoms with Gasteiger partial charge in [0.15, 0.2) is 0 Å². The van der Waals surface area contributed by atoms with Crippen LogP contribution in [-0.2, 0) is 16.0 Å². The Bertz CT molecular complexity index is 513. The number of anilines is 1. The van der Waals surface area contributed by atoms with Crippen molar-refractivity contribution in [3.8, 4) is 0 Å². The minimum Gasteiger partial charge on any atom is -0.465 e. The first kappa shape index (κ1) is 12.5. The van der Waals surface area contributed by atoms with Crippen LogP contribution in [0.2, 0.25) is 0 Å². The van der Waals surface area contributed by atoms with Crippen molar-refractivity contribution in [2.24, 2.45) is 0 Å². The number of fused-ring (bicyclic) bond motifs is 1. The Morgan fingerprint density at radius 2 is 2.11 bits per heavy atom. The number of hydrogen-bond donors (Lipinski definition) is 0. The summed E-state index contributed by atoms with van der Waals surface area (Å²) in [4.78, 5) is 24.6. The molecule has 1 amide bonds. The SMILES string of the molecule is COC(=O)c1cc2c(cc1F)CCCC(=O)N2C. The van der Waals surface area contributed by atoms with Crippen molar-refractivity contribution in [2.75, 3.05) is 19.1 Å². The molecule has 0 atom stereocenters. The number of aryl methyl sites for hydroxylation is 1. The molecule has 1 aromatic rings. The van der Waals surface area contributed by atoms with Crippen LogP contribution in [0.1, 0.15) is 28.8 Å². The van der Waals surface area contributed by atoms with Crippen LogP contribution in [0.5, 0.6) is 0 Å². The summed E-state index contributed by atoms with van der Waals surface area (Å²) in [6.07, 6.45) is 1.75. The second kappa shape index (κ2) is 4.76. The summed E-state index contributed by atoms with van der Waals surface area (Å²) in [7, 11) is 2.83. The van der Waals surface area contributed by atoms with E-state index in [0.717, 1.165) is 5.56 Å².